The molecule has 1 aliphatic rings. The summed E-state index contributed by atoms with van der Waals surface area (Å²) in [5, 5.41) is 11.9. The Morgan fingerprint density at radius 1 is 1.35 bits per heavy atom. The quantitative estimate of drug-likeness (QED) is 0.604. The maximum Gasteiger partial charge on any atom is 0.269 e. The molecule has 0 bridgehead atoms. The first kappa shape index (κ1) is 10.2. The van der Waals surface area contributed by atoms with E-state index in [1.54, 1.807) is 4.90 Å². The molecule has 6 heteroatoms. The number of nitro benzene ring substituents is 1. The molecular weight excluding hydrogens is 222 g/mol. The molecular formula is C11H13N3O3. The summed E-state index contributed by atoms with van der Waals surface area (Å²) in [7, 11) is 0. The average molecular weight is 236 g/mol. The van der Waals surface area contributed by atoms with Gasteiger partial charge < -0.3 is 10.2 Å². The summed E-state index contributed by atoms with van der Waals surface area (Å²) in [6.45, 7) is 2.08. The summed E-state index contributed by atoms with van der Waals surface area (Å²) in [5.74, 6) is -0.141. The van der Waals surface area contributed by atoms with Crippen molar-refractivity contribution in [2.75, 3.05) is 26.2 Å². The minimum atomic E-state index is -0.493. The number of benzene rings is 1. The van der Waals surface area contributed by atoms with Gasteiger partial charge in [0.15, 0.2) is 0 Å². The molecule has 0 radical (unpaired) electrons. The Bertz CT molecular complexity index is 455. The van der Waals surface area contributed by atoms with Crippen LogP contribution >= 0.6 is 0 Å². The van der Waals surface area contributed by atoms with Gasteiger partial charge in [-0.2, -0.15) is 0 Å². The molecule has 2 rings (SSSR count). The number of nitrogens with one attached hydrogen (secondary N) is 1. The molecule has 1 aromatic rings. The molecule has 0 aromatic heterocycles. The molecule has 0 saturated carbocycles. The monoisotopic (exact) mass is 236 g/mol. The van der Waals surface area contributed by atoms with Crippen molar-refractivity contribution in [2.24, 2.45) is 0 Å². The summed E-state index contributed by atoms with van der Waals surface area (Å²) < 4.78 is 7.40. The number of hydrogen-bond donors (Lipinski definition) is 1. The first-order chi connectivity index (χ1) is 8.58. The normalized spacial score (nSPS) is 17.6. The SMILES string of the molecule is [2H]N1CCN(C(=O)c2ccc([N+](=O)[O-])cc2)CC1. The number of nitro groups is 1. The van der Waals surface area contributed by atoms with Crippen molar-refractivity contribution in [2.45, 2.75) is 0 Å². The van der Waals surface area contributed by atoms with E-state index < -0.39 is 4.92 Å². The van der Waals surface area contributed by atoms with Crippen molar-refractivity contribution >= 4 is 11.6 Å². The number of nitrogens with zero attached hydrogens (tertiary/aromatic N) is 2. The van der Waals surface area contributed by atoms with Crippen molar-refractivity contribution in [3.63, 3.8) is 0 Å². The van der Waals surface area contributed by atoms with Crippen LogP contribution in [0.5, 0.6) is 0 Å². The largest absolute Gasteiger partial charge is 0.336 e. The average Bonchev–Trinajstić information content (AvgIpc) is 2.39. The number of amides is 1. The van der Waals surface area contributed by atoms with E-state index in [4.69, 9.17) is 1.41 Å². The van der Waals surface area contributed by atoms with E-state index in [1.165, 1.54) is 29.6 Å². The maximum atomic E-state index is 12.1. The molecule has 1 saturated heterocycles. The minimum absolute atomic E-state index is 0.0254. The van der Waals surface area contributed by atoms with Gasteiger partial charge in [-0.25, -0.2) is 0 Å². The second-order valence-electron chi connectivity index (χ2n) is 3.77. The van der Waals surface area contributed by atoms with E-state index in [2.05, 4.69) is 0 Å². The molecule has 0 unspecified atom stereocenters. The Morgan fingerprint density at radius 2 is 1.94 bits per heavy atom. The van der Waals surface area contributed by atoms with E-state index in [1.807, 2.05) is 0 Å². The molecule has 1 aliphatic heterocycles. The lowest BCUT2D eigenvalue weighted by Crippen LogP contribution is -2.46. The topological polar surface area (TPSA) is 75.5 Å². The van der Waals surface area contributed by atoms with Crippen LogP contribution in [0.25, 0.3) is 0 Å². The van der Waals surface area contributed by atoms with Gasteiger partial charge in [0.2, 0.25) is 0 Å². The van der Waals surface area contributed by atoms with Gasteiger partial charge in [-0.1, -0.05) is 0 Å². The zero-order valence-electron chi connectivity index (χ0n) is 10.2. The van der Waals surface area contributed by atoms with E-state index in [9.17, 15) is 14.9 Å². The van der Waals surface area contributed by atoms with Gasteiger partial charge in [0.1, 0.15) is 1.41 Å². The summed E-state index contributed by atoms with van der Waals surface area (Å²) in [5.41, 5.74) is 0.418. The Labute approximate surface area is 99.8 Å². The maximum absolute atomic E-state index is 12.1. The van der Waals surface area contributed by atoms with Gasteiger partial charge >= 0.3 is 0 Å². The predicted molar refractivity (Wildman–Crippen MR) is 61.9 cm³/mol. The molecule has 1 aromatic carbocycles. The molecule has 1 heterocycles. The first-order valence-electron chi connectivity index (χ1n) is 5.80. The van der Waals surface area contributed by atoms with E-state index in [0.29, 0.717) is 31.7 Å². The lowest BCUT2D eigenvalue weighted by molar-refractivity contribution is -0.384. The highest BCUT2D eigenvalue weighted by Crippen LogP contribution is 2.13. The second-order valence-corrected chi connectivity index (χ2v) is 3.77. The Morgan fingerprint density at radius 3 is 2.47 bits per heavy atom. The Kier molecular flexibility index (Phi) is 2.96. The standard InChI is InChI=1S/C11H13N3O3/c15-11(13-7-5-12-6-8-13)9-1-3-10(4-2-9)14(16)17/h1-4,12H,5-8H2/i/hD. The van der Waals surface area contributed by atoms with Crippen LogP contribution in [0.15, 0.2) is 24.3 Å². The van der Waals surface area contributed by atoms with Crippen molar-refractivity contribution in [1.29, 1.82) is 0 Å². The van der Waals surface area contributed by atoms with E-state index >= 15 is 0 Å². The van der Waals surface area contributed by atoms with Crippen molar-refractivity contribution in [3.8, 4) is 0 Å². The molecule has 1 fully saturated rings. The highest BCUT2D eigenvalue weighted by molar-refractivity contribution is 5.94. The molecule has 1 amide bonds. The molecule has 90 valence electrons. The smallest absolute Gasteiger partial charge is 0.269 e. The Hall–Kier alpha value is -1.95. The molecule has 0 atom stereocenters. The number of piperazine rings is 1. The van der Waals surface area contributed by atoms with Crippen LogP contribution in [0, 0.1) is 10.1 Å². The summed E-state index contributed by atoms with van der Waals surface area (Å²) >= 11 is 0. The van der Waals surface area contributed by atoms with Crippen molar-refractivity contribution < 1.29 is 11.1 Å². The highest BCUT2D eigenvalue weighted by Gasteiger charge is 2.18. The van der Waals surface area contributed by atoms with Gasteiger partial charge in [-0.3, -0.25) is 14.9 Å². The molecule has 6 nitrogen and oxygen atoms in total. The number of carbonyl (C=O) groups excluding carboxylic acids is 1. The fourth-order valence-electron chi connectivity index (χ4n) is 1.72. The molecule has 1 N–H and O–H groups in total. The van der Waals surface area contributed by atoms with Gasteiger partial charge in [0, 0.05) is 43.9 Å². The zero-order chi connectivity index (χ0) is 13.1. The van der Waals surface area contributed by atoms with Crippen LogP contribution in [0.4, 0.5) is 5.69 Å². The second kappa shape index (κ2) is 4.92. The van der Waals surface area contributed by atoms with Crippen LogP contribution in [0.3, 0.4) is 0 Å². The third kappa shape index (κ3) is 2.59. The minimum Gasteiger partial charge on any atom is -0.336 e. The number of hydrogen-bond acceptors (Lipinski definition) is 4. The van der Waals surface area contributed by atoms with E-state index in [-0.39, 0.29) is 11.6 Å². The van der Waals surface area contributed by atoms with Crippen LogP contribution < -0.4 is 5.31 Å². The fourth-order valence-corrected chi connectivity index (χ4v) is 1.72. The molecule has 17 heavy (non-hydrogen) atoms. The zero-order valence-corrected chi connectivity index (χ0v) is 9.20. The predicted octanol–water partition coefficient (Wildman–Crippen LogP) is 0.640. The lowest BCUT2D eigenvalue weighted by Gasteiger charge is -2.27. The third-order valence-electron chi connectivity index (χ3n) is 2.67. The summed E-state index contributed by atoms with van der Waals surface area (Å²) in [6, 6.07) is 5.59. The van der Waals surface area contributed by atoms with Crippen molar-refractivity contribution in [3.05, 3.63) is 39.9 Å². The number of carbonyl (C=O) groups is 1. The number of rotatable bonds is 2. The fraction of sp³-hybridized carbons (Fsp3) is 0.364. The van der Waals surface area contributed by atoms with Crippen LogP contribution in [0.1, 0.15) is 10.4 Å². The summed E-state index contributed by atoms with van der Waals surface area (Å²) in [6.07, 6.45) is 0. The summed E-state index contributed by atoms with van der Waals surface area (Å²) in [4.78, 5) is 23.7. The molecule has 0 aliphatic carbocycles. The highest BCUT2D eigenvalue weighted by atomic mass is 16.6. The van der Waals surface area contributed by atoms with Gasteiger partial charge in [0.25, 0.3) is 11.6 Å². The third-order valence-corrected chi connectivity index (χ3v) is 2.67. The van der Waals surface area contributed by atoms with Crippen LogP contribution in [0.2, 0.25) is 1.41 Å². The van der Waals surface area contributed by atoms with Gasteiger partial charge in [0.05, 0.1) is 4.92 Å². The van der Waals surface area contributed by atoms with Gasteiger partial charge in [-0.05, 0) is 12.1 Å². The van der Waals surface area contributed by atoms with E-state index in [0.717, 1.165) is 0 Å². The molecule has 0 spiro atoms. The lowest BCUT2D eigenvalue weighted by atomic mass is 10.1. The number of non-ortho nitro benzene ring substituents is 1. The van der Waals surface area contributed by atoms with Gasteiger partial charge in [-0.15, -0.1) is 0 Å². The first-order valence-corrected chi connectivity index (χ1v) is 5.35. The Balaban J connectivity index is 2.07. The van der Waals surface area contributed by atoms with Crippen LogP contribution in [-0.2, 0) is 0 Å². The van der Waals surface area contributed by atoms with Crippen molar-refractivity contribution in [1.82, 2.24) is 10.2 Å². The van der Waals surface area contributed by atoms with Crippen LogP contribution in [-0.4, -0.2) is 41.9 Å².